The van der Waals surface area contributed by atoms with Crippen LogP contribution in [0.25, 0.3) is 0 Å². The molecule has 0 bridgehead atoms. The van der Waals surface area contributed by atoms with E-state index in [0.717, 1.165) is 11.3 Å². The first-order chi connectivity index (χ1) is 9.75. The molecule has 0 fully saturated rings. The second-order valence-corrected chi connectivity index (χ2v) is 5.30. The summed E-state index contributed by atoms with van der Waals surface area (Å²) in [6.45, 7) is 0.422. The lowest BCUT2D eigenvalue weighted by Crippen LogP contribution is -2.20. The van der Waals surface area contributed by atoms with Crippen molar-refractivity contribution in [2.45, 2.75) is 12.3 Å². The normalized spacial score (nSPS) is 10.8. The average molecular weight is 308 g/mol. The van der Waals surface area contributed by atoms with Gasteiger partial charge in [0.05, 0.1) is 12.0 Å². The Morgan fingerprint density at radius 2 is 2.15 bits per heavy atom. The first-order valence-corrected chi connectivity index (χ1v) is 7.50. The second kappa shape index (κ2) is 7.82. The number of halogens is 1. The minimum atomic E-state index is -0.142. The van der Waals surface area contributed by atoms with Crippen LogP contribution in [0.5, 0.6) is 0 Å². The zero-order valence-electron chi connectivity index (χ0n) is 10.7. The van der Waals surface area contributed by atoms with E-state index in [-0.39, 0.29) is 5.91 Å². The summed E-state index contributed by atoms with van der Waals surface area (Å²) in [5.41, 5.74) is 0.902. The van der Waals surface area contributed by atoms with E-state index in [9.17, 15) is 4.79 Å². The predicted octanol–water partition coefficient (Wildman–Crippen LogP) is 4.00. The summed E-state index contributed by atoms with van der Waals surface area (Å²) in [5.74, 6) is 1.45. The summed E-state index contributed by atoms with van der Waals surface area (Å²) in [6, 6.07) is 11.2. The van der Waals surface area contributed by atoms with Crippen LogP contribution in [0.2, 0.25) is 5.02 Å². The fourth-order valence-corrected chi connectivity index (χ4v) is 2.37. The third-order valence-corrected chi connectivity index (χ3v) is 3.68. The summed E-state index contributed by atoms with van der Waals surface area (Å²) in [5, 5.41) is 5.20. The van der Waals surface area contributed by atoms with E-state index in [1.165, 1.54) is 17.8 Å². The van der Waals surface area contributed by atoms with Gasteiger partial charge in [0.25, 0.3) is 0 Å². The zero-order chi connectivity index (χ0) is 14.2. The van der Waals surface area contributed by atoms with E-state index in [2.05, 4.69) is 5.32 Å². The van der Waals surface area contributed by atoms with Gasteiger partial charge in [0.1, 0.15) is 5.76 Å². The molecule has 3 nitrogen and oxygen atoms in total. The summed E-state index contributed by atoms with van der Waals surface area (Å²) in [4.78, 5) is 11.6. The number of carbonyl (C=O) groups is 1. The minimum absolute atomic E-state index is 0.142. The molecule has 2 aromatic rings. The van der Waals surface area contributed by atoms with Gasteiger partial charge in [-0.25, -0.2) is 0 Å². The molecular weight excluding hydrogens is 294 g/mol. The minimum Gasteiger partial charge on any atom is -0.468 e. The Hall–Kier alpha value is -1.65. The number of furan rings is 1. The maximum Gasteiger partial charge on any atom is 0.244 e. The molecule has 1 aromatic heterocycles. The summed E-state index contributed by atoms with van der Waals surface area (Å²) in [6.07, 6.45) is 3.14. The number of rotatable bonds is 6. The number of thioether (sulfide) groups is 1. The first-order valence-electron chi connectivity index (χ1n) is 6.07. The Morgan fingerprint density at radius 3 is 2.90 bits per heavy atom. The van der Waals surface area contributed by atoms with Crippen molar-refractivity contribution < 1.29 is 9.21 Å². The molecule has 0 aliphatic rings. The molecule has 2 rings (SSSR count). The molecule has 0 saturated heterocycles. The summed E-state index contributed by atoms with van der Waals surface area (Å²) in [7, 11) is 0. The van der Waals surface area contributed by atoms with Crippen LogP contribution in [0.3, 0.4) is 0 Å². The van der Waals surface area contributed by atoms with E-state index < -0.39 is 0 Å². The van der Waals surface area contributed by atoms with Gasteiger partial charge in [0, 0.05) is 17.6 Å². The second-order valence-electron chi connectivity index (χ2n) is 4.00. The van der Waals surface area contributed by atoms with Gasteiger partial charge in [-0.2, -0.15) is 0 Å². The van der Waals surface area contributed by atoms with Crippen LogP contribution in [-0.4, -0.2) is 5.91 Å². The van der Waals surface area contributed by atoms with Gasteiger partial charge in [0.15, 0.2) is 0 Å². The van der Waals surface area contributed by atoms with Crippen molar-refractivity contribution in [2.24, 2.45) is 0 Å². The smallest absolute Gasteiger partial charge is 0.244 e. The van der Waals surface area contributed by atoms with Gasteiger partial charge in [0.2, 0.25) is 5.91 Å². The number of hydrogen-bond donors (Lipinski definition) is 1. The Morgan fingerprint density at radius 1 is 1.30 bits per heavy atom. The fraction of sp³-hybridized carbons (Fsp3) is 0.133. The van der Waals surface area contributed by atoms with Crippen molar-refractivity contribution in [1.29, 1.82) is 0 Å². The van der Waals surface area contributed by atoms with Gasteiger partial charge >= 0.3 is 0 Å². The first kappa shape index (κ1) is 14.8. The number of hydrogen-bond acceptors (Lipinski definition) is 3. The SMILES string of the molecule is O=C(C=CSCc1ccco1)NCc1ccccc1Cl. The molecule has 1 heterocycles. The van der Waals surface area contributed by atoms with E-state index in [0.29, 0.717) is 17.3 Å². The highest BCUT2D eigenvalue weighted by atomic mass is 35.5. The van der Waals surface area contributed by atoms with E-state index in [4.69, 9.17) is 16.0 Å². The molecule has 5 heteroatoms. The van der Waals surface area contributed by atoms with Crippen molar-refractivity contribution in [1.82, 2.24) is 5.32 Å². The van der Waals surface area contributed by atoms with Crippen LogP contribution < -0.4 is 5.32 Å². The lowest BCUT2D eigenvalue weighted by Gasteiger charge is -2.04. The lowest BCUT2D eigenvalue weighted by molar-refractivity contribution is -0.116. The molecule has 0 unspecified atom stereocenters. The Kier molecular flexibility index (Phi) is 5.77. The van der Waals surface area contributed by atoms with Gasteiger partial charge < -0.3 is 9.73 Å². The van der Waals surface area contributed by atoms with Gasteiger partial charge in [-0.05, 0) is 29.2 Å². The van der Waals surface area contributed by atoms with Gasteiger partial charge in [-0.15, -0.1) is 11.8 Å². The molecule has 0 spiro atoms. The fourth-order valence-electron chi connectivity index (χ4n) is 1.52. The third kappa shape index (κ3) is 4.79. The molecule has 1 aromatic carbocycles. The number of benzene rings is 1. The van der Waals surface area contributed by atoms with Crippen molar-refractivity contribution in [3.63, 3.8) is 0 Å². The van der Waals surface area contributed by atoms with Crippen molar-refractivity contribution in [3.8, 4) is 0 Å². The van der Waals surface area contributed by atoms with Gasteiger partial charge in [-0.3, -0.25) is 4.79 Å². The van der Waals surface area contributed by atoms with E-state index >= 15 is 0 Å². The topological polar surface area (TPSA) is 42.2 Å². The van der Waals surface area contributed by atoms with Crippen LogP contribution in [-0.2, 0) is 17.1 Å². The molecule has 1 N–H and O–H groups in total. The molecule has 0 saturated carbocycles. The zero-order valence-corrected chi connectivity index (χ0v) is 12.3. The molecule has 20 heavy (non-hydrogen) atoms. The molecular formula is C15H14ClNO2S. The van der Waals surface area contributed by atoms with E-state index in [1.54, 1.807) is 17.7 Å². The van der Waals surface area contributed by atoms with Crippen LogP contribution in [0, 0.1) is 0 Å². The van der Waals surface area contributed by atoms with Gasteiger partial charge in [-0.1, -0.05) is 29.8 Å². The predicted molar refractivity (Wildman–Crippen MR) is 82.4 cm³/mol. The molecule has 0 radical (unpaired) electrons. The monoisotopic (exact) mass is 307 g/mol. The lowest BCUT2D eigenvalue weighted by atomic mass is 10.2. The Labute approximate surface area is 127 Å². The highest BCUT2D eigenvalue weighted by molar-refractivity contribution is 8.01. The highest BCUT2D eigenvalue weighted by Crippen LogP contribution is 2.15. The largest absolute Gasteiger partial charge is 0.468 e. The Balaban J connectivity index is 1.71. The maximum atomic E-state index is 11.6. The summed E-state index contributed by atoms with van der Waals surface area (Å²) >= 11 is 7.51. The number of nitrogens with one attached hydrogen (secondary N) is 1. The quantitative estimate of drug-likeness (QED) is 0.820. The summed E-state index contributed by atoms with van der Waals surface area (Å²) < 4.78 is 5.19. The molecule has 1 amide bonds. The molecule has 104 valence electrons. The van der Waals surface area contributed by atoms with Crippen LogP contribution in [0.1, 0.15) is 11.3 Å². The average Bonchev–Trinajstić information content (AvgIpc) is 2.96. The highest BCUT2D eigenvalue weighted by Gasteiger charge is 2.00. The molecule has 0 aliphatic carbocycles. The Bertz CT molecular complexity index is 581. The number of carbonyl (C=O) groups excluding carboxylic acids is 1. The number of amides is 1. The van der Waals surface area contributed by atoms with Crippen LogP contribution >= 0.6 is 23.4 Å². The van der Waals surface area contributed by atoms with Crippen molar-refractivity contribution in [3.05, 3.63) is 70.5 Å². The van der Waals surface area contributed by atoms with E-state index in [1.807, 2.05) is 30.3 Å². The van der Waals surface area contributed by atoms with Crippen LogP contribution in [0.4, 0.5) is 0 Å². The standard InChI is InChI=1S/C15H14ClNO2S/c16-14-6-2-1-4-12(14)10-17-15(18)7-9-20-11-13-5-3-8-19-13/h1-9H,10-11H2,(H,17,18). The molecule has 0 atom stereocenters. The third-order valence-electron chi connectivity index (χ3n) is 2.53. The van der Waals surface area contributed by atoms with Crippen molar-refractivity contribution >= 4 is 29.3 Å². The van der Waals surface area contributed by atoms with Crippen LogP contribution in [0.15, 0.2) is 58.6 Å². The van der Waals surface area contributed by atoms with Crippen molar-refractivity contribution in [2.75, 3.05) is 0 Å². The maximum absolute atomic E-state index is 11.6. The molecule has 0 aliphatic heterocycles.